The second-order valence-electron chi connectivity index (χ2n) is 3.76. The van der Waals surface area contributed by atoms with Gasteiger partial charge in [0.1, 0.15) is 0 Å². The highest BCUT2D eigenvalue weighted by atomic mass is 79.9. The lowest BCUT2D eigenvalue weighted by molar-refractivity contribution is 1.38. The first-order valence-corrected chi connectivity index (χ1v) is 7.93. The van der Waals surface area contributed by atoms with Gasteiger partial charge in [0.25, 0.3) is 0 Å². The summed E-state index contributed by atoms with van der Waals surface area (Å²) >= 11 is 8.93. The smallest absolute Gasteiger partial charge is 0.0357 e. The van der Waals surface area contributed by atoms with Crippen molar-refractivity contribution in [3.8, 4) is 0 Å². The second-order valence-corrected chi connectivity index (χ2v) is 6.86. The third-order valence-electron chi connectivity index (χ3n) is 2.40. The maximum atomic E-state index is 3.63. The van der Waals surface area contributed by atoms with Crippen LogP contribution in [-0.2, 0) is 0 Å². The molecule has 0 nitrogen and oxygen atoms in total. The lowest BCUT2D eigenvalue weighted by Crippen LogP contribution is -1.83. The summed E-state index contributed by atoms with van der Waals surface area (Å²) in [6.45, 7) is 2.04. The third-order valence-corrected chi connectivity index (χ3v) is 5.43. The first-order chi connectivity index (χ1) is 8.68. The van der Waals surface area contributed by atoms with Crippen LogP contribution in [0.5, 0.6) is 0 Å². The molecule has 18 heavy (non-hydrogen) atoms. The molecule has 0 aromatic heterocycles. The molecule has 0 saturated carbocycles. The van der Waals surface area contributed by atoms with E-state index < -0.39 is 0 Å². The Kier molecular flexibility index (Phi) is 5.10. The van der Waals surface area contributed by atoms with Crippen LogP contribution >= 0.6 is 43.6 Å². The fraction of sp³-hybridized carbons (Fsp3) is 0.0667. The molecule has 2 aromatic rings. The molecule has 0 spiro atoms. The van der Waals surface area contributed by atoms with Crippen LogP contribution in [0.4, 0.5) is 0 Å². The molecule has 2 rings (SSSR count). The fourth-order valence-electron chi connectivity index (χ4n) is 1.54. The standard InChI is InChI=1S/C15H12Br2S/c1-11(16)15(17)13-9-5-6-10-14(13)18-12-7-3-2-4-8-12/h2-10H,1H3/b15-11+. The van der Waals surface area contributed by atoms with Crippen LogP contribution < -0.4 is 0 Å². The summed E-state index contributed by atoms with van der Waals surface area (Å²) in [4.78, 5) is 2.49. The maximum Gasteiger partial charge on any atom is 0.0357 e. The molecular formula is C15H12Br2S. The van der Waals surface area contributed by atoms with E-state index in [1.165, 1.54) is 15.4 Å². The van der Waals surface area contributed by atoms with Crippen molar-refractivity contribution < 1.29 is 0 Å². The largest absolute Gasteiger partial charge is 0.0894 e. The molecule has 3 heteroatoms. The van der Waals surface area contributed by atoms with Gasteiger partial charge >= 0.3 is 0 Å². The van der Waals surface area contributed by atoms with Gasteiger partial charge in [0.05, 0.1) is 0 Å². The topological polar surface area (TPSA) is 0 Å². The van der Waals surface area contributed by atoms with Crippen LogP contribution in [0.3, 0.4) is 0 Å². The highest BCUT2D eigenvalue weighted by Crippen LogP contribution is 2.37. The Labute approximate surface area is 129 Å². The van der Waals surface area contributed by atoms with E-state index in [0.29, 0.717) is 0 Å². The van der Waals surface area contributed by atoms with E-state index in [1.807, 2.05) is 13.0 Å². The number of benzene rings is 2. The van der Waals surface area contributed by atoms with Gasteiger partial charge in [-0.25, -0.2) is 0 Å². The van der Waals surface area contributed by atoms with Crippen molar-refractivity contribution in [3.05, 3.63) is 64.6 Å². The average Bonchev–Trinajstić information content (AvgIpc) is 2.39. The molecule has 0 fully saturated rings. The predicted octanol–water partition coefficient (Wildman–Crippen LogP) is 6.32. The monoisotopic (exact) mass is 382 g/mol. The molecule has 0 amide bonds. The number of hydrogen-bond donors (Lipinski definition) is 0. The van der Waals surface area contributed by atoms with E-state index in [4.69, 9.17) is 0 Å². The van der Waals surface area contributed by atoms with Gasteiger partial charge in [-0.1, -0.05) is 64.1 Å². The molecule has 0 aliphatic heterocycles. The Hall–Kier alpha value is -0.510. The molecular weight excluding hydrogens is 372 g/mol. The number of hydrogen-bond acceptors (Lipinski definition) is 1. The van der Waals surface area contributed by atoms with Crippen molar-refractivity contribution >= 4 is 48.1 Å². The zero-order valence-corrected chi connectivity index (χ0v) is 13.8. The summed E-state index contributed by atoms with van der Waals surface area (Å²) in [7, 11) is 0. The van der Waals surface area contributed by atoms with Crippen LogP contribution in [0.15, 0.2) is 68.9 Å². The van der Waals surface area contributed by atoms with Gasteiger partial charge in [-0.15, -0.1) is 0 Å². The van der Waals surface area contributed by atoms with Gasteiger partial charge in [-0.3, -0.25) is 0 Å². The molecule has 2 aromatic carbocycles. The molecule has 92 valence electrons. The normalized spacial score (nSPS) is 12.2. The van der Waals surface area contributed by atoms with Crippen LogP contribution in [0, 0.1) is 0 Å². The fourth-order valence-corrected chi connectivity index (χ4v) is 3.20. The number of rotatable bonds is 3. The van der Waals surface area contributed by atoms with E-state index in [9.17, 15) is 0 Å². The quantitative estimate of drug-likeness (QED) is 0.597. The van der Waals surface area contributed by atoms with E-state index in [0.717, 1.165) is 8.96 Å². The molecule has 0 aliphatic rings. The molecule has 0 unspecified atom stereocenters. The second kappa shape index (κ2) is 6.60. The molecule has 0 atom stereocenters. The maximum absolute atomic E-state index is 3.63. The first kappa shape index (κ1) is 13.9. The van der Waals surface area contributed by atoms with Crippen molar-refractivity contribution in [2.24, 2.45) is 0 Å². The van der Waals surface area contributed by atoms with Crippen LogP contribution in [0.2, 0.25) is 0 Å². The Morgan fingerprint density at radius 1 is 0.889 bits per heavy atom. The summed E-state index contributed by atoms with van der Waals surface area (Å²) in [5.41, 5.74) is 1.21. The first-order valence-electron chi connectivity index (χ1n) is 5.52. The molecule has 0 heterocycles. The molecule has 0 bridgehead atoms. The summed E-state index contributed by atoms with van der Waals surface area (Å²) < 4.78 is 2.20. The summed E-state index contributed by atoms with van der Waals surface area (Å²) in [6.07, 6.45) is 0. The Bertz CT molecular complexity index is 558. The third kappa shape index (κ3) is 3.50. The van der Waals surface area contributed by atoms with E-state index in [1.54, 1.807) is 11.8 Å². The van der Waals surface area contributed by atoms with Crippen LogP contribution in [0.25, 0.3) is 4.48 Å². The van der Waals surface area contributed by atoms with Crippen LogP contribution in [0.1, 0.15) is 12.5 Å². The lowest BCUT2D eigenvalue weighted by atomic mass is 10.2. The van der Waals surface area contributed by atoms with Crippen LogP contribution in [-0.4, -0.2) is 0 Å². The molecule has 0 radical (unpaired) electrons. The Morgan fingerprint density at radius 2 is 1.50 bits per heavy atom. The summed E-state index contributed by atoms with van der Waals surface area (Å²) in [5, 5.41) is 0. The number of halogens is 2. The predicted molar refractivity (Wildman–Crippen MR) is 87.5 cm³/mol. The van der Waals surface area contributed by atoms with Gasteiger partial charge in [-0.05, 0) is 41.1 Å². The zero-order chi connectivity index (χ0) is 13.0. The van der Waals surface area contributed by atoms with Crippen molar-refractivity contribution in [2.45, 2.75) is 16.7 Å². The van der Waals surface area contributed by atoms with Gasteiger partial charge in [0, 0.05) is 24.3 Å². The summed E-state index contributed by atoms with van der Waals surface area (Å²) in [5.74, 6) is 0. The summed E-state index contributed by atoms with van der Waals surface area (Å²) in [6, 6.07) is 18.8. The van der Waals surface area contributed by atoms with E-state index in [-0.39, 0.29) is 0 Å². The zero-order valence-electron chi connectivity index (χ0n) is 9.86. The Morgan fingerprint density at radius 3 is 2.17 bits per heavy atom. The number of allylic oxidation sites excluding steroid dienone is 1. The SMILES string of the molecule is C/C(Br)=C(\Br)c1ccccc1Sc1ccccc1. The highest BCUT2D eigenvalue weighted by molar-refractivity contribution is 9.16. The minimum absolute atomic E-state index is 1.10. The van der Waals surface area contributed by atoms with Crippen molar-refractivity contribution in [1.82, 2.24) is 0 Å². The average molecular weight is 384 g/mol. The van der Waals surface area contributed by atoms with Crippen molar-refractivity contribution in [2.75, 3.05) is 0 Å². The molecule has 0 aliphatic carbocycles. The Balaban J connectivity index is 2.38. The van der Waals surface area contributed by atoms with Gasteiger partial charge in [-0.2, -0.15) is 0 Å². The van der Waals surface area contributed by atoms with Gasteiger partial charge in [0.15, 0.2) is 0 Å². The van der Waals surface area contributed by atoms with Gasteiger partial charge < -0.3 is 0 Å². The van der Waals surface area contributed by atoms with Crippen molar-refractivity contribution in [1.29, 1.82) is 0 Å². The minimum atomic E-state index is 1.10. The highest BCUT2D eigenvalue weighted by Gasteiger charge is 2.08. The van der Waals surface area contributed by atoms with Gasteiger partial charge in [0.2, 0.25) is 0 Å². The lowest BCUT2D eigenvalue weighted by Gasteiger charge is -2.09. The van der Waals surface area contributed by atoms with E-state index >= 15 is 0 Å². The molecule has 0 N–H and O–H groups in total. The van der Waals surface area contributed by atoms with E-state index in [2.05, 4.69) is 80.4 Å². The van der Waals surface area contributed by atoms with Crippen molar-refractivity contribution in [3.63, 3.8) is 0 Å². The minimum Gasteiger partial charge on any atom is -0.0894 e. The molecule has 0 saturated heterocycles.